The summed E-state index contributed by atoms with van der Waals surface area (Å²) in [6.07, 6.45) is 0. The van der Waals surface area contributed by atoms with E-state index >= 15 is 0 Å². The second kappa shape index (κ2) is 3.21. The molecule has 0 aromatic heterocycles. The fraction of sp³-hybridized carbons (Fsp3) is 1.00. The van der Waals surface area contributed by atoms with E-state index in [-0.39, 0.29) is 0 Å². The van der Waals surface area contributed by atoms with Crippen molar-refractivity contribution in [2.45, 2.75) is 32.4 Å². The van der Waals surface area contributed by atoms with Crippen LogP contribution in [0.5, 0.6) is 0 Å². The van der Waals surface area contributed by atoms with E-state index in [1.54, 1.807) is 0 Å². The van der Waals surface area contributed by atoms with Gasteiger partial charge in [-0.05, 0) is 11.6 Å². The summed E-state index contributed by atoms with van der Waals surface area (Å²) < 4.78 is 0. The molecule has 1 atom stereocenters. The van der Waals surface area contributed by atoms with Gasteiger partial charge in [0.1, 0.15) is 8.96 Å². The van der Waals surface area contributed by atoms with Crippen LogP contribution in [0.15, 0.2) is 0 Å². The first-order chi connectivity index (χ1) is 3.18. The molecule has 0 fully saturated rings. The lowest BCUT2D eigenvalue weighted by atomic mass is 10.6. The summed E-state index contributed by atoms with van der Waals surface area (Å²) in [5.41, 5.74) is 0.782. The summed E-state index contributed by atoms with van der Waals surface area (Å²) in [7, 11) is -0.755. The van der Waals surface area contributed by atoms with Gasteiger partial charge in [0.05, 0.1) is 0 Å². The molecule has 0 aromatic carbocycles. The molecule has 0 radical (unpaired) electrons. The molecule has 0 rings (SSSR count). The van der Waals surface area contributed by atoms with Crippen molar-refractivity contribution in [1.82, 2.24) is 0 Å². The Morgan fingerprint density at radius 3 is 2.00 bits per heavy atom. The molecule has 0 aliphatic heterocycles. The maximum absolute atomic E-state index is 5.75. The quantitative estimate of drug-likeness (QED) is 0.538. The lowest BCUT2D eigenvalue weighted by molar-refractivity contribution is 1.01. The maximum Gasteiger partial charge on any atom is 0.108 e. The predicted molar refractivity (Wildman–Crippen MR) is 36.9 cm³/mol. The minimum Gasteiger partial charge on any atom is -0.353 e. The molecule has 0 spiro atoms. The van der Waals surface area contributed by atoms with Crippen molar-refractivity contribution in [3.05, 3.63) is 0 Å². The van der Waals surface area contributed by atoms with Gasteiger partial charge in [-0.1, -0.05) is 20.8 Å². The van der Waals surface area contributed by atoms with Gasteiger partial charge < -0.3 is 5.40 Å². The minimum absolute atomic E-state index is 0.755. The highest BCUT2D eigenvalue weighted by atomic mass is 28.3. The predicted octanol–water partition coefficient (Wildman–Crippen LogP) is 1.10. The fourth-order valence-corrected chi connectivity index (χ4v) is 1.41. The highest BCUT2D eigenvalue weighted by molar-refractivity contribution is 6.56. The highest BCUT2D eigenvalue weighted by Gasteiger charge is 2.04. The van der Waals surface area contributed by atoms with Crippen molar-refractivity contribution in [3.8, 4) is 0 Å². The molecule has 7 heavy (non-hydrogen) atoms. The van der Waals surface area contributed by atoms with E-state index in [1.165, 1.54) is 6.04 Å². The average molecular weight is 117 g/mol. The molecule has 2 heteroatoms. The van der Waals surface area contributed by atoms with Crippen molar-refractivity contribution in [3.63, 3.8) is 0 Å². The smallest absolute Gasteiger partial charge is 0.108 e. The summed E-state index contributed by atoms with van der Waals surface area (Å²) >= 11 is 0. The highest BCUT2D eigenvalue weighted by Crippen LogP contribution is 2.04. The zero-order valence-electron chi connectivity index (χ0n) is 5.44. The molecule has 0 amide bonds. The number of hydrogen-bond acceptors (Lipinski definition) is 1. The third-order valence-electron chi connectivity index (χ3n) is 1.33. The van der Waals surface area contributed by atoms with Crippen LogP contribution in [0.3, 0.4) is 0 Å². The van der Waals surface area contributed by atoms with E-state index in [0.29, 0.717) is 0 Å². The molecule has 0 saturated heterocycles. The molecule has 0 heterocycles. The molecular formula is C5H15NSi. The van der Waals surface area contributed by atoms with Gasteiger partial charge in [-0.2, -0.15) is 0 Å². The number of nitrogens with two attached hydrogens (primary N) is 1. The topological polar surface area (TPSA) is 26.0 Å². The van der Waals surface area contributed by atoms with Crippen LogP contribution in [0.1, 0.15) is 20.8 Å². The van der Waals surface area contributed by atoms with Gasteiger partial charge in [0.2, 0.25) is 0 Å². The third-order valence-corrected chi connectivity index (χ3v) is 3.98. The second-order valence-electron chi connectivity index (χ2n) is 2.32. The first kappa shape index (κ1) is 7.18. The van der Waals surface area contributed by atoms with E-state index in [2.05, 4.69) is 20.8 Å². The van der Waals surface area contributed by atoms with Crippen molar-refractivity contribution in [1.29, 1.82) is 0 Å². The zero-order chi connectivity index (χ0) is 5.86. The van der Waals surface area contributed by atoms with Gasteiger partial charge in [-0.15, -0.1) is 0 Å². The molecule has 0 aromatic rings. The SMILES string of the molecule is CC[SiH](N)C(C)C. The van der Waals surface area contributed by atoms with Gasteiger partial charge in [-0.25, -0.2) is 0 Å². The fourth-order valence-electron chi connectivity index (χ4n) is 0.471. The van der Waals surface area contributed by atoms with Crippen molar-refractivity contribution in [2.24, 2.45) is 5.40 Å². The Balaban J connectivity index is 3.14. The molecule has 44 valence electrons. The Hall–Kier alpha value is 0.177. The van der Waals surface area contributed by atoms with Crippen LogP contribution in [0.25, 0.3) is 0 Å². The standard InChI is InChI=1S/C5H15NSi/c1-4-7(6)5(2)3/h5,7H,4,6H2,1-3H3. The van der Waals surface area contributed by atoms with E-state index < -0.39 is 8.96 Å². The Labute approximate surface area is 47.6 Å². The maximum atomic E-state index is 5.75. The first-order valence-corrected chi connectivity index (χ1v) is 5.09. The van der Waals surface area contributed by atoms with E-state index in [1.807, 2.05) is 0 Å². The molecule has 0 bridgehead atoms. The van der Waals surface area contributed by atoms with Crippen LogP contribution in [0.2, 0.25) is 11.6 Å². The molecule has 2 N–H and O–H groups in total. The minimum atomic E-state index is -0.755. The molecule has 0 saturated carbocycles. The Kier molecular flexibility index (Phi) is 3.30. The van der Waals surface area contributed by atoms with Gasteiger partial charge in [0, 0.05) is 0 Å². The Morgan fingerprint density at radius 1 is 1.57 bits per heavy atom. The van der Waals surface area contributed by atoms with Crippen LogP contribution in [0.4, 0.5) is 0 Å². The summed E-state index contributed by atoms with van der Waals surface area (Å²) in [6, 6.07) is 1.23. The van der Waals surface area contributed by atoms with E-state index in [4.69, 9.17) is 5.40 Å². The first-order valence-electron chi connectivity index (χ1n) is 2.94. The normalized spacial score (nSPS) is 15.0. The monoisotopic (exact) mass is 117 g/mol. The lowest BCUT2D eigenvalue weighted by Gasteiger charge is -2.08. The lowest BCUT2D eigenvalue weighted by Crippen LogP contribution is -2.27. The van der Waals surface area contributed by atoms with Crippen LogP contribution in [-0.4, -0.2) is 8.96 Å². The second-order valence-corrected chi connectivity index (χ2v) is 5.79. The van der Waals surface area contributed by atoms with Crippen molar-refractivity contribution < 1.29 is 0 Å². The zero-order valence-corrected chi connectivity index (χ0v) is 6.59. The summed E-state index contributed by atoms with van der Waals surface area (Å²) in [6.45, 7) is 6.59. The summed E-state index contributed by atoms with van der Waals surface area (Å²) in [5.74, 6) is 0. The van der Waals surface area contributed by atoms with Crippen LogP contribution >= 0.6 is 0 Å². The molecule has 1 unspecified atom stereocenters. The van der Waals surface area contributed by atoms with Gasteiger partial charge >= 0.3 is 0 Å². The summed E-state index contributed by atoms with van der Waals surface area (Å²) in [4.78, 5) is 0. The average Bonchev–Trinajstić information content (AvgIpc) is 1.65. The van der Waals surface area contributed by atoms with Crippen LogP contribution < -0.4 is 5.40 Å². The van der Waals surface area contributed by atoms with E-state index in [9.17, 15) is 0 Å². The van der Waals surface area contributed by atoms with E-state index in [0.717, 1.165) is 5.54 Å². The van der Waals surface area contributed by atoms with Gasteiger partial charge in [0.15, 0.2) is 0 Å². The van der Waals surface area contributed by atoms with Crippen LogP contribution in [0, 0.1) is 0 Å². The van der Waals surface area contributed by atoms with Gasteiger partial charge in [-0.3, -0.25) is 0 Å². The molecule has 1 nitrogen and oxygen atoms in total. The number of rotatable bonds is 2. The number of hydrogen-bond donors (Lipinski definition) is 1. The van der Waals surface area contributed by atoms with Crippen molar-refractivity contribution >= 4 is 8.96 Å². The third kappa shape index (κ3) is 2.82. The Bertz CT molecular complexity index is 45.3. The molecule has 0 aliphatic rings. The van der Waals surface area contributed by atoms with Crippen LogP contribution in [-0.2, 0) is 0 Å². The Morgan fingerprint density at radius 2 is 2.00 bits per heavy atom. The largest absolute Gasteiger partial charge is 0.353 e. The molecule has 0 aliphatic carbocycles. The summed E-state index contributed by atoms with van der Waals surface area (Å²) in [5, 5.41) is 5.75. The molecular weight excluding hydrogens is 102 g/mol. The van der Waals surface area contributed by atoms with Crippen molar-refractivity contribution in [2.75, 3.05) is 0 Å². The van der Waals surface area contributed by atoms with Gasteiger partial charge in [0.25, 0.3) is 0 Å².